The van der Waals surface area contributed by atoms with Gasteiger partial charge in [-0.15, -0.1) is 0 Å². The van der Waals surface area contributed by atoms with Gasteiger partial charge in [-0.2, -0.15) is 0 Å². The number of fused-ring (bicyclic) bond motifs is 1. The molecule has 0 spiro atoms. The lowest BCUT2D eigenvalue weighted by Gasteiger charge is -2.34. The van der Waals surface area contributed by atoms with Crippen LogP contribution in [0.3, 0.4) is 0 Å². The molecular formula is C21H27N2OSi. The second kappa shape index (κ2) is 6.77. The number of hydrogen-bond acceptors (Lipinski definition) is 2. The van der Waals surface area contributed by atoms with Gasteiger partial charge >= 0.3 is 0 Å². The summed E-state index contributed by atoms with van der Waals surface area (Å²) in [6.45, 7) is 11.1. The molecule has 0 bridgehead atoms. The van der Waals surface area contributed by atoms with E-state index in [1.54, 1.807) is 0 Å². The van der Waals surface area contributed by atoms with Crippen LogP contribution < -0.4 is 0 Å². The van der Waals surface area contributed by atoms with Crippen molar-refractivity contribution in [1.29, 1.82) is 0 Å². The van der Waals surface area contributed by atoms with Gasteiger partial charge in [0.05, 0.1) is 11.8 Å². The molecule has 2 aromatic heterocycles. The Balaban J connectivity index is 2.19. The molecule has 2 heterocycles. The first-order valence-electron chi connectivity index (χ1n) is 8.74. The zero-order chi connectivity index (χ0) is 18.2. The molecule has 3 rings (SSSR count). The highest BCUT2D eigenvalue weighted by atomic mass is 28.3. The van der Waals surface area contributed by atoms with Crippen molar-refractivity contribution in [3.63, 3.8) is 0 Å². The van der Waals surface area contributed by atoms with E-state index in [0.29, 0.717) is 0 Å². The van der Waals surface area contributed by atoms with Crippen molar-refractivity contribution in [1.82, 2.24) is 9.55 Å². The van der Waals surface area contributed by atoms with Crippen LogP contribution in [-0.2, 0) is 11.5 Å². The van der Waals surface area contributed by atoms with Gasteiger partial charge in [0.25, 0.3) is 0 Å². The Labute approximate surface area is 152 Å². The van der Waals surface area contributed by atoms with Gasteiger partial charge in [0.1, 0.15) is 0 Å². The maximum atomic E-state index is 6.44. The molecule has 3 nitrogen and oxygen atoms in total. The molecule has 0 amide bonds. The standard InChI is InChI=1S/C21H27N2OSi/c1-21(2,3)20(24-25(5)6)16-11-12-22-14-17(16)19-13-15-9-7-8-10-18(15)23(19)4/h7-14,20H,1-6H3. The topological polar surface area (TPSA) is 27.1 Å². The van der Waals surface area contributed by atoms with Gasteiger partial charge in [-0.25, -0.2) is 0 Å². The Kier molecular flexibility index (Phi) is 4.85. The monoisotopic (exact) mass is 351 g/mol. The third kappa shape index (κ3) is 3.55. The molecule has 25 heavy (non-hydrogen) atoms. The molecule has 1 unspecified atom stereocenters. The molecule has 0 N–H and O–H groups in total. The lowest BCUT2D eigenvalue weighted by Crippen LogP contribution is -2.26. The fourth-order valence-corrected chi connectivity index (χ4v) is 4.29. The van der Waals surface area contributed by atoms with Crippen LogP contribution in [0.25, 0.3) is 22.2 Å². The molecule has 0 aliphatic rings. The van der Waals surface area contributed by atoms with E-state index in [1.807, 2.05) is 12.4 Å². The van der Waals surface area contributed by atoms with Crippen LogP contribution in [0.4, 0.5) is 0 Å². The van der Waals surface area contributed by atoms with E-state index in [9.17, 15) is 0 Å². The highest BCUT2D eigenvalue weighted by Crippen LogP contribution is 2.41. The molecule has 4 heteroatoms. The van der Waals surface area contributed by atoms with Crippen molar-refractivity contribution >= 4 is 19.9 Å². The molecule has 0 fully saturated rings. The molecular weight excluding hydrogens is 324 g/mol. The summed E-state index contributed by atoms with van der Waals surface area (Å²) in [5.74, 6) is 0. The maximum absolute atomic E-state index is 6.44. The summed E-state index contributed by atoms with van der Waals surface area (Å²) < 4.78 is 8.69. The third-order valence-corrected chi connectivity index (χ3v) is 5.21. The highest BCUT2D eigenvalue weighted by Gasteiger charge is 2.30. The Morgan fingerprint density at radius 2 is 1.84 bits per heavy atom. The molecule has 1 atom stereocenters. The van der Waals surface area contributed by atoms with Gasteiger partial charge in [-0.05, 0) is 42.3 Å². The van der Waals surface area contributed by atoms with Gasteiger partial charge in [0.15, 0.2) is 0 Å². The molecule has 1 aromatic carbocycles. The van der Waals surface area contributed by atoms with E-state index in [2.05, 4.69) is 86.9 Å². The lowest BCUT2D eigenvalue weighted by molar-refractivity contribution is 0.0870. The van der Waals surface area contributed by atoms with Crippen LogP contribution in [0, 0.1) is 5.41 Å². The molecule has 0 aliphatic carbocycles. The zero-order valence-corrected chi connectivity index (χ0v) is 17.0. The lowest BCUT2D eigenvalue weighted by atomic mass is 9.83. The van der Waals surface area contributed by atoms with E-state index >= 15 is 0 Å². The normalized spacial score (nSPS) is 13.6. The van der Waals surface area contributed by atoms with Gasteiger partial charge in [-0.1, -0.05) is 39.0 Å². The smallest absolute Gasteiger partial charge is 0.205 e. The first-order valence-corrected chi connectivity index (χ1v) is 11.2. The SMILES string of the molecule is Cn1c(-c2cnccc2C(O[Si](C)C)C(C)(C)C)cc2ccccc21. The number of benzene rings is 1. The molecule has 0 saturated heterocycles. The Bertz CT molecular complexity index is 877. The van der Waals surface area contributed by atoms with Crippen LogP contribution in [0.5, 0.6) is 0 Å². The minimum atomic E-state index is -0.822. The first kappa shape index (κ1) is 17.9. The van der Waals surface area contributed by atoms with Crippen molar-refractivity contribution in [3.05, 3.63) is 54.4 Å². The Morgan fingerprint density at radius 1 is 1.12 bits per heavy atom. The highest BCUT2D eigenvalue weighted by molar-refractivity contribution is 6.48. The third-order valence-electron chi connectivity index (χ3n) is 4.51. The van der Waals surface area contributed by atoms with Crippen molar-refractivity contribution in [2.24, 2.45) is 12.5 Å². The summed E-state index contributed by atoms with van der Waals surface area (Å²) in [6, 6.07) is 12.9. The summed E-state index contributed by atoms with van der Waals surface area (Å²) in [5, 5.41) is 1.25. The van der Waals surface area contributed by atoms with E-state index in [-0.39, 0.29) is 11.5 Å². The molecule has 3 aromatic rings. The Hall–Kier alpha value is -1.91. The maximum Gasteiger partial charge on any atom is 0.205 e. The van der Waals surface area contributed by atoms with E-state index < -0.39 is 9.04 Å². The number of rotatable bonds is 4. The number of para-hydroxylation sites is 1. The van der Waals surface area contributed by atoms with E-state index in [0.717, 1.165) is 5.56 Å². The number of pyridine rings is 1. The van der Waals surface area contributed by atoms with Crippen LogP contribution in [0.2, 0.25) is 13.1 Å². The van der Waals surface area contributed by atoms with Gasteiger partial charge < -0.3 is 8.99 Å². The van der Waals surface area contributed by atoms with Crippen molar-refractivity contribution in [3.8, 4) is 11.3 Å². The van der Waals surface area contributed by atoms with Crippen LogP contribution in [0.1, 0.15) is 32.4 Å². The summed E-state index contributed by atoms with van der Waals surface area (Å²) in [7, 11) is 1.30. The predicted octanol–water partition coefficient (Wildman–Crippen LogP) is 5.60. The van der Waals surface area contributed by atoms with Gasteiger partial charge in [0.2, 0.25) is 9.04 Å². The van der Waals surface area contributed by atoms with Crippen molar-refractivity contribution < 1.29 is 4.43 Å². The van der Waals surface area contributed by atoms with E-state index in [4.69, 9.17) is 4.43 Å². The second-order valence-corrected chi connectivity index (χ2v) is 9.93. The predicted molar refractivity (Wildman–Crippen MR) is 107 cm³/mol. The van der Waals surface area contributed by atoms with Gasteiger partial charge in [-0.3, -0.25) is 4.98 Å². The first-order chi connectivity index (χ1) is 11.8. The summed E-state index contributed by atoms with van der Waals surface area (Å²) in [5.41, 5.74) is 4.81. The summed E-state index contributed by atoms with van der Waals surface area (Å²) in [4.78, 5) is 4.42. The fourth-order valence-electron chi connectivity index (χ4n) is 3.34. The number of hydrogen-bond donors (Lipinski definition) is 0. The van der Waals surface area contributed by atoms with Crippen LogP contribution >= 0.6 is 0 Å². The van der Waals surface area contributed by atoms with Gasteiger partial charge in [0, 0.05) is 35.9 Å². The minimum Gasteiger partial charge on any atom is -0.410 e. The quantitative estimate of drug-likeness (QED) is 0.572. The minimum absolute atomic E-state index is 0.0165. The zero-order valence-electron chi connectivity index (χ0n) is 16.0. The molecule has 1 radical (unpaired) electrons. The van der Waals surface area contributed by atoms with Crippen molar-refractivity contribution in [2.75, 3.05) is 0 Å². The average molecular weight is 352 g/mol. The summed E-state index contributed by atoms with van der Waals surface area (Å²) in [6.07, 6.45) is 3.90. The Morgan fingerprint density at radius 3 is 2.48 bits per heavy atom. The average Bonchev–Trinajstić information content (AvgIpc) is 2.89. The number of aromatic nitrogens is 2. The van der Waals surface area contributed by atoms with E-state index in [1.165, 1.54) is 22.2 Å². The fraction of sp³-hybridized carbons (Fsp3) is 0.381. The summed E-state index contributed by atoms with van der Waals surface area (Å²) >= 11 is 0. The number of aryl methyl sites for hydroxylation is 1. The second-order valence-electron chi connectivity index (χ2n) is 7.88. The molecule has 0 saturated carbocycles. The largest absolute Gasteiger partial charge is 0.410 e. The van der Waals surface area contributed by atoms with Crippen LogP contribution in [-0.4, -0.2) is 18.6 Å². The van der Waals surface area contributed by atoms with Crippen molar-refractivity contribution in [2.45, 2.75) is 40.0 Å². The van der Waals surface area contributed by atoms with Crippen LogP contribution in [0.15, 0.2) is 48.8 Å². The molecule has 131 valence electrons. The molecule has 0 aliphatic heterocycles. The number of nitrogens with zero attached hydrogens (tertiary/aromatic N) is 2.